The molecule has 1 N–H and O–H groups in total. The third-order valence-electron chi connectivity index (χ3n) is 3.10. The summed E-state index contributed by atoms with van der Waals surface area (Å²) in [6, 6.07) is 0.756. The van der Waals surface area contributed by atoms with Crippen LogP contribution in [0.2, 0.25) is 0 Å². The molecule has 1 aliphatic heterocycles. The largest absolute Gasteiger partial charge is 0.360 e. The lowest BCUT2D eigenvalue weighted by Gasteiger charge is -2.21. The summed E-state index contributed by atoms with van der Waals surface area (Å²) in [5.41, 5.74) is 0. The van der Waals surface area contributed by atoms with Crippen molar-refractivity contribution in [1.82, 2.24) is 15.1 Å². The second-order valence-electron chi connectivity index (χ2n) is 4.21. The van der Waals surface area contributed by atoms with E-state index in [1.807, 2.05) is 0 Å². The highest BCUT2D eigenvalue weighted by Crippen LogP contribution is 2.24. The zero-order valence-electron chi connectivity index (χ0n) is 10.1. The maximum absolute atomic E-state index is 4.23. The number of likely N-dealkylation sites (tertiary alicyclic amines) is 1. The van der Waals surface area contributed by atoms with Crippen LogP contribution in [-0.2, 0) is 6.54 Å². The zero-order chi connectivity index (χ0) is 11.4. The van der Waals surface area contributed by atoms with Gasteiger partial charge in [0.15, 0.2) is 0 Å². The van der Waals surface area contributed by atoms with Gasteiger partial charge in [0.05, 0.1) is 6.54 Å². The molecule has 2 heterocycles. The van der Waals surface area contributed by atoms with Gasteiger partial charge in [-0.15, -0.1) is 10.2 Å². The van der Waals surface area contributed by atoms with Gasteiger partial charge >= 0.3 is 0 Å². The van der Waals surface area contributed by atoms with E-state index in [1.54, 1.807) is 11.3 Å². The quantitative estimate of drug-likeness (QED) is 0.857. The standard InChI is InChI=1S/C11H20N4S/c1-3-9-6-5-7-15(9)8-10-13-14-11(16-10)12-4-2/h9H,3-8H2,1-2H3,(H,12,14). The van der Waals surface area contributed by atoms with Gasteiger partial charge in [0.2, 0.25) is 5.13 Å². The van der Waals surface area contributed by atoms with Gasteiger partial charge < -0.3 is 5.32 Å². The molecule has 1 fully saturated rings. The molecule has 5 heteroatoms. The Kier molecular flexibility index (Phi) is 4.12. The van der Waals surface area contributed by atoms with Gasteiger partial charge in [0.25, 0.3) is 0 Å². The van der Waals surface area contributed by atoms with Crippen molar-refractivity contribution in [3.8, 4) is 0 Å². The first-order chi connectivity index (χ1) is 7.83. The Morgan fingerprint density at radius 1 is 1.44 bits per heavy atom. The van der Waals surface area contributed by atoms with Gasteiger partial charge in [-0.1, -0.05) is 18.3 Å². The third-order valence-corrected chi connectivity index (χ3v) is 3.97. The number of nitrogens with one attached hydrogen (secondary N) is 1. The van der Waals surface area contributed by atoms with E-state index >= 15 is 0 Å². The number of nitrogens with zero attached hydrogens (tertiary/aromatic N) is 3. The summed E-state index contributed by atoms with van der Waals surface area (Å²) in [5.74, 6) is 0. The SMILES string of the molecule is CCNc1nnc(CN2CCCC2CC)s1. The average molecular weight is 240 g/mol. The fourth-order valence-corrected chi connectivity index (χ4v) is 3.11. The molecular weight excluding hydrogens is 220 g/mol. The highest BCUT2D eigenvalue weighted by atomic mass is 32.1. The molecule has 0 amide bonds. The number of hydrogen-bond donors (Lipinski definition) is 1. The highest BCUT2D eigenvalue weighted by Gasteiger charge is 2.23. The van der Waals surface area contributed by atoms with E-state index in [2.05, 4.69) is 34.3 Å². The van der Waals surface area contributed by atoms with E-state index in [-0.39, 0.29) is 0 Å². The number of anilines is 1. The monoisotopic (exact) mass is 240 g/mol. The zero-order valence-corrected chi connectivity index (χ0v) is 10.9. The van der Waals surface area contributed by atoms with Crippen LogP contribution < -0.4 is 5.32 Å². The fourth-order valence-electron chi connectivity index (χ4n) is 2.28. The van der Waals surface area contributed by atoms with Crippen molar-refractivity contribution in [2.24, 2.45) is 0 Å². The molecule has 1 aliphatic rings. The Morgan fingerprint density at radius 3 is 3.06 bits per heavy atom. The molecule has 0 bridgehead atoms. The lowest BCUT2D eigenvalue weighted by Crippen LogP contribution is -2.28. The molecule has 1 aromatic heterocycles. The molecular formula is C11H20N4S. The minimum absolute atomic E-state index is 0.756. The molecule has 4 nitrogen and oxygen atoms in total. The lowest BCUT2D eigenvalue weighted by atomic mass is 10.2. The Bertz CT molecular complexity index is 326. The van der Waals surface area contributed by atoms with Crippen LogP contribution in [0.15, 0.2) is 0 Å². The molecule has 1 saturated heterocycles. The van der Waals surface area contributed by atoms with Crippen molar-refractivity contribution in [1.29, 1.82) is 0 Å². The second-order valence-corrected chi connectivity index (χ2v) is 5.27. The number of hydrogen-bond acceptors (Lipinski definition) is 5. The molecule has 1 atom stereocenters. The van der Waals surface area contributed by atoms with Crippen molar-refractivity contribution in [3.63, 3.8) is 0 Å². The van der Waals surface area contributed by atoms with Crippen molar-refractivity contribution in [3.05, 3.63) is 5.01 Å². The Balaban J connectivity index is 1.92. The Morgan fingerprint density at radius 2 is 2.31 bits per heavy atom. The summed E-state index contributed by atoms with van der Waals surface area (Å²) in [7, 11) is 0. The van der Waals surface area contributed by atoms with E-state index in [4.69, 9.17) is 0 Å². The molecule has 0 aromatic carbocycles. The minimum Gasteiger partial charge on any atom is -0.360 e. The molecule has 16 heavy (non-hydrogen) atoms. The van der Waals surface area contributed by atoms with Crippen LogP contribution in [0.5, 0.6) is 0 Å². The molecule has 1 unspecified atom stereocenters. The minimum atomic E-state index is 0.756. The van der Waals surface area contributed by atoms with Gasteiger partial charge in [-0.05, 0) is 32.7 Å². The molecule has 2 rings (SSSR count). The Labute approximate surface area is 101 Å². The molecule has 0 aliphatic carbocycles. The maximum atomic E-state index is 4.23. The molecule has 90 valence electrons. The smallest absolute Gasteiger partial charge is 0.205 e. The van der Waals surface area contributed by atoms with Crippen molar-refractivity contribution in [2.45, 2.75) is 45.7 Å². The summed E-state index contributed by atoms with van der Waals surface area (Å²) in [6.07, 6.45) is 3.92. The van der Waals surface area contributed by atoms with E-state index < -0.39 is 0 Å². The molecule has 0 spiro atoms. The van der Waals surface area contributed by atoms with Gasteiger partial charge in [0.1, 0.15) is 5.01 Å². The van der Waals surface area contributed by atoms with Gasteiger partial charge in [-0.3, -0.25) is 4.90 Å². The van der Waals surface area contributed by atoms with Crippen LogP contribution in [0.4, 0.5) is 5.13 Å². The summed E-state index contributed by atoms with van der Waals surface area (Å²) in [5, 5.41) is 13.6. The molecule has 0 saturated carbocycles. The summed E-state index contributed by atoms with van der Waals surface area (Å²) >= 11 is 1.68. The van der Waals surface area contributed by atoms with Gasteiger partial charge in [-0.2, -0.15) is 0 Å². The molecule has 1 aromatic rings. The van der Waals surface area contributed by atoms with Gasteiger partial charge in [-0.25, -0.2) is 0 Å². The van der Waals surface area contributed by atoms with Crippen molar-refractivity contribution in [2.75, 3.05) is 18.4 Å². The van der Waals surface area contributed by atoms with Crippen LogP contribution in [-0.4, -0.2) is 34.2 Å². The topological polar surface area (TPSA) is 41.1 Å². The number of rotatable bonds is 5. The van der Waals surface area contributed by atoms with Crippen molar-refractivity contribution < 1.29 is 0 Å². The van der Waals surface area contributed by atoms with Gasteiger partial charge in [0, 0.05) is 12.6 Å². The van der Waals surface area contributed by atoms with E-state index in [0.29, 0.717) is 0 Å². The first-order valence-corrected chi connectivity index (χ1v) is 6.95. The van der Waals surface area contributed by atoms with Crippen LogP contribution in [0.1, 0.15) is 38.1 Å². The normalized spacial score (nSPS) is 21.5. The van der Waals surface area contributed by atoms with E-state index in [9.17, 15) is 0 Å². The highest BCUT2D eigenvalue weighted by molar-refractivity contribution is 7.15. The van der Waals surface area contributed by atoms with Crippen LogP contribution in [0, 0.1) is 0 Å². The third kappa shape index (κ3) is 2.71. The number of aromatic nitrogens is 2. The summed E-state index contributed by atoms with van der Waals surface area (Å²) < 4.78 is 0. The first-order valence-electron chi connectivity index (χ1n) is 6.13. The van der Waals surface area contributed by atoms with Crippen LogP contribution in [0.25, 0.3) is 0 Å². The lowest BCUT2D eigenvalue weighted by molar-refractivity contribution is 0.239. The van der Waals surface area contributed by atoms with E-state index in [1.165, 1.54) is 25.8 Å². The average Bonchev–Trinajstić information content (AvgIpc) is 2.89. The summed E-state index contributed by atoms with van der Waals surface area (Å²) in [6.45, 7) is 7.45. The van der Waals surface area contributed by atoms with Crippen LogP contribution >= 0.6 is 11.3 Å². The Hall–Kier alpha value is -0.680. The van der Waals surface area contributed by atoms with E-state index in [0.717, 1.165) is 29.3 Å². The summed E-state index contributed by atoms with van der Waals surface area (Å²) in [4.78, 5) is 2.54. The predicted octanol–water partition coefficient (Wildman–Crippen LogP) is 2.34. The first kappa shape index (κ1) is 11.8. The van der Waals surface area contributed by atoms with Crippen molar-refractivity contribution >= 4 is 16.5 Å². The maximum Gasteiger partial charge on any atom is 0.205 e. The predicted molar refractivity (Wildman–Crippen MR) is 67.8 cm³/mol. The fraction of sp³-hybridized carbons (Fsp3) is 0.818. The van der Waals surface area contributed by atoms with Crippen LogP contribution in [0.3, 0.4) is 0 Å². The molecule has 0 radical (unpaired) electrons. The second kappa shape index (κ2) is 5.59.